The van der Waals surface area contributed by atoms with E-state index in [9.17, 15) is 9.18 Å². The lowest BCUT2D eigenvalue weighted by Crippen LogP contribution is -2.02. The average molecular weight is 250 g/mol. The minimum atomic E-state index is -0.433. The van der Waals surface area contributed by atoms with Crippen molar-refractivity contribution in [3.63, 3.8) is 0 Å². The maximum Gasteiger partial charge on any atom is 0.153 e. The molecule has 0 saturated carbocycles. The monoisotopic (exact) mass is 250 g/mol. The second kappa shape index (κ2) is 5.59. The molecule has 0 spiro atoms. The van der Waals surface area contributed by atoms with Crippen LogP contribution in [-0.4, -0.2) is 12.9 Å². The van der Waals surface area contributed by atoms with Crippen LogP contribution in [0.4, 0.5) is 4.39 Å². The fraction of sp³-hybridized carbons (Fsp3) is 0.154. The van der Waals surface area contributed by atoms with Gasteiger partial charge in [0.2, 0.25) is 0 Å². The average Bonchev–Trinajstić information content (AvgIpc) is 2.84. The Morgan fingerprint density at radius 2 is 2.24 bits per heavy atom. The molecule has 1 aromatic heterocycles. The van der Waals surface area contributed by atoms with E-state index in [1.807, 2.05) is 11.4 Å². The highest BCUT2D eigenvalue weighted by molar-refractivity contribution is 7.07. The van der Waals surface area contributed by atoms with E-state index in [0.717, 1.165) is 6.42 Å². The molecule has 0 aliphatic heterocycles. The molecule has 0 atom stereocenters. The van der Waals surface area contributed by atoms with Gasteiger partial charge in [0.1, 0.15) is 11.6 Å². The summed E-state index contributed by atoms with van der Waals surface area (Å²) in [6.45, 7) is 0.475. The van der Waals surface area contributed by atoms with Crippen molar-refractivity contribution in [2.24, 2.45) is 0 Å². The summed E-state index contributed by atoms with van der Waals surface area (Å²) < 4.78 is 18.3. The number of carbonyl (C=O) groups excluding carboxylic acids is 1. The molecule has 0 saturated heterocycles. The van der Waals surface area contributed by atoms with Gasteiger partial charge in [0.25, 0.3) is 0 Å². The molecule has 0 aliphatic carbocycles. The van der Waals surface area contributed by atoms with Gasteiger partial charge >= 0.3 is 0 Å². The third-order valence-electron chi connectivity index (χ3n) is 2.33. The van der Waals surface area contributed by atoms with Gasteiger partial charge in [-0.3, -0.25) is 4.79 Å². The maximum absolute atomic E-state index is 12.9. The highest BCUT2D eigenvalue weighted by Crippen LogP contribution is 2.18. The molecule has 1 heterocycles. The van der Waals surface area contributed by atoms with Gasteiger partial charge in [-0.05, 0) is 40.6 Å². The molecule has 0 aliphatic rings. The van der Waals surface area contributed by atoms with Crippen LogP contribution in [-0.2, 0) is 6.42 Å². The SMILES string of the molecule is O=Cc1cc(F)ccc1OCCc1ccsc1. The van der Waals surface area contributed by atoms with Crippen LogP contribution in [0.25, 0.3) is 0 Å². The molecule has 0 bridgehead atoms. The van der Waals surface area contributed by atoms with Crippen LogP contribution < -0.4 is 4.74 Å². The number of hydrogen-bond donors (Lipinski definition) is 0. The van der Waals surface area contributed by atoms with Crippen molar-refractivity contribution < 1.29 is 13.9 Å². The molecule has 4 heteroatoms. The van der Waals surface area contributed by atoms with Gasteiger partial charge in [0.15, 0.2) is 6.29 Å². The van der Waals surface area contributed by atoms with E-state index >= 15 is 0 Å². The first-order chi connectivity index (χ1) is 8.29. The van der Waals surface area contributed by atoms with Crippen molar-refractivity contribution in [2.45, 2.75) is 6.42 Å². The fourth-order valence-corrected chi connectivity index (χ4v) is 2.16. The van der Waals surface area contributed by atoms with Crippen molar-refractivity contribution in [1.29, 1.82) is 0 Å². The van der Waals surface area contributed by atoms with Crippen LogP contribution in [0.3, 0.4) is 0 Å². The van der Waals surface area contributed by atoms with E-state index in [4.69, 9.17) is 4.74 Å². The van der Waals surface area contributed by atoms with Gasteiger partial charge in [-0.1, -0.05) is 0 Å². The number of thiophene rings is 1. The Hall–Kier alpha value is -1.68. The zero-order valence-corrected chi connectivity index (χ0v) is 9.87. The van der Waals surface area contributed by atoms with Gasteiger partial charge in [0.05, 0.1) is 12.2 Å². The fourth-order valence-electron chi connectivity index (χ4n) is 1.46. The third-order valence-corrected chi connectivity index (χ3v) is 3.06. The van der Waals surface area contributed by atoms with Crippen LogP contribution in [0.2, 0.25) is 0 Å². The van der Waals surface area contributed by atoms with Gasteiger partial charge < -0.3 is 4.74 Å². The van der Waals surface area contributed by atoms with Crippen molar-refractivity contribution in [2.75, 3.05) is 6.61 Å². The van der Waals surface area contributed by atoms with Gasteiger partial charge in [-0.25, -0.2) is 4.39 Å². The molecule has 1 aromatic carbocycles. The lowest BCUT2D eigenvalue weighted by Gasteiger charge is -2.07. The number of hydrogen-bond acceptors (Lipinski definition) is 3. The van der Waals surface area contributed by atoms with Crippen LogP contribution in [0.1, 0.15) is 15.9 Å². The summed E-state index contributed by atoms with van der Waals surface area (Å²) in [5, 5.41) is 4.05. The quantitative estimate of drug-likeness (QED) is 0.761. The first-order valence-electron chi connectivity index (χ1n) is 5.18. The molecule has 0 fully saturated rings. The normalized spacial score (nSPS) is 10.2. The first-order valence-corrected chi connectivity index (χ1v) is 6.12. The number of aldehydes is 1. The number of rotatable bonds is 5. The predicted molar refractivity (Wildman–Crippen MR) is 65.3 cm³/mol. The number of benzene rings is 1. The highest BCUT2D eigenvalue weighted by Gasteiger charge is 2.04. The Morgan fingerprint density at radius 1 is 1.35 bits per heavy atom. The largest absolute Gasteiger partial charge is 0.492 e. The van der Waals surface area contributed by atoms with Gasteiger partial charge in [-0.2, -0.15) is 11.3 Å². The van der Waals surface area contributed by atoms with E-state index in [-0.39, 0.29) is 5.56 Å². The Kier molecular flexibility index (Phi) is 3.88. The Bertz CT molecular complexity index is 494. The molecule has 88 valence electrons. The van der Waals surface area contributed by atoms with E-state index in [0.29, 0.717) is 18.6 Å². The summed E-state index contributed by atoms with van der Waals surface area (Å²) in [7, 11) is 0. The highest BCUT2D eigenvalue weighted by atomic mass is 32.1. The number of carbonyl (C=O) groups is 1. The summed E-state index contributed by atoms with van der Waals surface area (Å²) in [6, 6.07) is 5.96. The van der Waals surface area contributed by atoms with E-state index in [1.54, 1.807) is 11.3 Å². The van der Waals surface area contributed by atoms with Crippen LogP contribution in [0.15, 0.2) is 35.0 Å². The van der Waals surface area contributed by atoms with E-state index in [2.05, 4.69) is 5.38 Å². The van der Waals surface area contributed by atoms with Crippen LogP contribution in [0.5, 0.6) is 5.75 Å². The number of halogens is 1. The van der Waals surface area contributed by atoms with Crippen molar-refractivity contribution in [3.05, 3.63) is 52.0 Å². The Balaban J connectivity index is 1.96. The molecule has 0 N–H and O–H groups in total. The standard InChI is InChI=1S/C13H11FO2S/c14-12-1-2-13(11(7-12)8-15)16-5-3-10-4-6-17-9-10/h1-2,4,6-9H,3,5H2. The summed E-state index contributed by atoms with van der Waals surface area (Å²) in [5.41, 5.74) is 1.44. The maximum atomic E-state index is 12.9. The lowest BCUT2D eigenvalue weighted by molar-refractivity contribution is 0.111. The smallest absolute Gasteiger partial charge is 0.153 e. The van der Waals surface area contributed by atoms with Crippen molar-refractivity contribution in [3.8, 4) is 5.75 Å². The Labute approximate surface area is 103 Å². The molecular formula is C13H11FO2S. The zero-order valence-electron chi connectivity index (χ0n) is 9.06. The molecular weight excluding hydrogens is 239 g/mol. The molecule has 2 rings (SSSR count). The summed E-state index contributed by atoms with van der Waals surface area (Å²) >= 11 is 1.63. The molecule has 17 heavy (non-hydrogen) atoms. The molecule has 0 amide bonds. The molecule has 0 radical (unpaired) electrons. The van der Waals surface area contributed by atoms with Gasteiger partial charge in [0, 0.05) is 6.42 Å². The van der Waals surface area contributed by atoms with Crippen LogP contribution >= 0.6 is 11.3 Å². The summed E-state index contributed by atoms with van der Waals surface area (Å²) in [5.74, 6) is -0.00564. The number of ether oxygens (including phenoxy) is 1. The van der Waals surface area contributed by atoms with Crippen molar-refractivity contribution >= 4 is 17.6 Å². The minimum absolute atomic E-state index is 0.246. The summed E-state index contributed by atoms with van der Waals surface area (Å²) in [4.78, 5) is 10.7. The second-order valence-electron chi connectivity index (χ2n) is 3.53. The predicted octanol–water partition coefficient (Wildman–Crippen LogP) is 3.32. The molecule has 0 unspecified atom stereocenters. The molecule has 2 aromatic rings. The van der Waals surface area contributed by atoms with Crippen molar-refractivity contribution in [1.82, 2.24) is 0 Å². The topological polar surface area (TPSA) is 26.3 Å². The van der Waals surface area contributed by atoms with E-state index in [1.165, 1.54) is 23.8 Å². The van der Waals surface area contributed by atoms with Gasteiger partial charge in [-0.15, -0.1) is 0 Å². The second-order valence-corrected chi connectivity index (χ2v) is 4.31. The zero-order chi connectivity index (χ0) is 12.1. The Morgan fingerprint density at radius 3 is 2.94 bits per heavy atom. The summed E-state index contributed by atoms with van der Waals surface area (Å²) in [6.07, 6.45) is 1.38. The van der Waals surface area contributed by atoms with Crippen LogP contribution in [0, 0.1) is 5.82 Å². The van der Waals surface area contributed by atoms with E-state index < -0.39 is 5.82 Å². The first kappa shape index (κ1) is 11.8. The lowest BCUT2D eigenvalue weighted by atomic mass is 10.2. The third kappa shape index (κ3) is 3.14. The minimum Gasteiger partial charge on any atom is -0.492 e. The molecule has 2 nitrogen and oxygen atoms in total.